The number of aliphatic hydroxyl groups excluding tert-OH is 1. The van der Waals surface area contributed by atoms with E-state index in [4.69, 9.17) is 5.11 Å². The SMILES string of the molecule is O=C(O)C1CC(O)CN1CCN1C(=O)CCC1=O. The van der Waals surface area contributed by atoms with Gasteiger partial charge in [0, 0.05) is 38.9 Å². The van der Waals surface area contributed by atoms with Crippen LogP contribution < -0.4 is 0 Å². The highest BCUT2D eigenvalue weighted by Gasteiger charge is 2.37. The largest absolute Gasteiger partial charge is 0.480 e. The number of nitrogens with zero attached hydrogens (tertiary/aromatic N) is 2. The zero-order valence-corrected chi connectivity index (χ0v) is 9.91. The van der Waals surface area contributed by atoms with Crippen molar-refractivity contribution in [2.24, 2.45) is 0 Å². The average molecular weight is 256 g/mol. The second-order valence-corrected chi connectivity index (χ2v) is 4.68. The molecule has 0 aromatic rings. The quantitative estimate of drug-likeness (QED) is 0.604. The number of amides is 2. The Morgan fingerprint density at radius 2 is 1.83 bits per heavy atom. The zero-order chi connectivity index (χ0) is 13.3. The lowest BCUT2D eigenvalue weighted by molar-refractivity contribution is -0.142. The Morgan fingerprint density at radius 3 is 2.39 bits per heavy atom. The summed E-state index contributed by atoms with van der Waals surface area (Å²) in [5, 5.41) is 18.5. The highest BCUT2D eigenvalue weighted by molar-refractivity contribution is 6.01. The van der Waals surface area contributed by atoms with Crippen LogP contribution in [-0.2, 0) is 14.4 Å². The number of imide groups is 1. The molecule has 100 valence electrons. The van der Waals surface area contributed by atoms with Crippen molar-refractivity contribution < 1.29 is 24.6 Å². The van der Waals surface area contributed by atoms with Crippen LogP contribution in [0.3, 0.4) is 0 Å². The first-order valence-electron chi connectivity index (χ1n) is 5.97. The summed E-state index contributed by atoms with van der Waals surface area (Å²) < 4.78 is 0. The Labute approximate surface area is 104 Å². The molecule has 0 aromatic carbocycles. The second kappa shape index (κ2) is 5.03. The van der Waals surface area contributed by atoms with E-state index < -0.39 is 18.1 Å². The van der Waals surface area contributed by atoms with Crippen molar-refractivity contribution >= 4 is 17.8 Å². The predicted molar refractivity (Wildman–Crippen MR) is 59.6 cm³/mol. The molecule has 2 aliphatic rings. The van der Waals surface area contributed by atoms with Crippen LogP contribution in [0.1, 0.15) is 19.3 Å². The number of likely N-dealkylation sites (tertiary alicyclic amines) is 2. The summed E-state index contributed by atoms with van der Waals surface area (Å²) in [5.41, 5.74) is 0. The van der Waals surface area contributed by atoms with Crippen molar-refractivity contribution in [1.29, 1.82) is 0 Å². The van der Waals surface area contributed by atoms with Crippen LogP contribution in [-0.4, -0.2) is 69.6 Å². The van der Waals surface area contributed by atoms with Gasteiger partial charge >= 0.3 is 5.97 Å². The van der Waals surface area contributed by atoms with Gasteiger partial charge in [-0.2, -0.15) is 0 Å². The Bertz CT molecular complexity index is 368. The number of carbonyl (C=O) groups excluding carboxylic acids is 2. The van der Waals surface area contributed by atoms with Crippen molar-refractivity contribution in [2.45, 2.75) is 31.4 Å². The monoisotopic (exact) mass is 256 g/mol. The summed E-state index contributed by atoms with van der Waals surface area (Å²) in [5.74, 6) is -1.39. The third-order valence-corrected chi connectivity index (χ3v) is 3.43. The van der Waals surface area contributed by atoms with Gasteiger partial charge in [0.15, 0.2) is 0 Å². The highest BCUT2D eigenvalue weighted by Crippen LogP contribution is 2.19. The Kier molecular flexibility index (Phi) is 3.63. The van der Waals surface area contributed by atoms with Crippen LogP contribution in [0.5, 0.6) is 0 Å². The van der Waals surface area contributed by atoms with Gasteiger partial charge in [0.05, 0.1) is 6.10 Å². The van der Waals surface area contributed by atoms with Crippen molar-refractivity contribution in [3.8, 4) is 0 Å². The topological polar surface area (TPSA) is 98.2 Å². The van der Waals surface area contributed by atoms with Gasteiger partial charge in [0.2, 0.25) is 11.8 Å². The highest BCUT2D eigenvalue weighted by atomic mass is 16.4. The molecule has 0 aliphatic carbocycles. The minimum absolute atomic E-state index is 0.192. The number of β-amino-alcohol motifs (C(OH)–C–C–N with tert-alkyl or cyclic N) is 1. The molecule has 2 N–H and O–H groups in total. The third-order valence-electron chi connectivity index (χ3n) is 3.43. The number of rotatable bonds is 4. The van der Waals surface area contributed by atoms with Crippen molar-refractivity contribution in [1.82, 2.24) is 9.80 Å². The van der Waals surface area contributed by atoms with E-state index in [2.05, 4.69) is 0 Å². The minimum Gasteiger partial charge on any atom is -0.480 e. The molecule has 7 heteroatoms. The first-order chi connectivity index (χ1) is 8.49. The lowest BCUT2D eigenvalue weighted by Gasteiger charge is -2.23. The Balaban J connectivity index is 1.91. The van der Waals surface area contributed by atoms with Crippen LogP contribution in [0.15, 0.2) is 0 Å². The number of carboxylic acid groups (broad SMARTS) is 1. The van der Waals surface area contributed by atoms with Gasteiger partial charge in [0.1, 0.15) is 6.04 Å². The molecule has 0 spiro atoms. The van der Waals surface area contributed by atoms with Crippen molar-refractivity contribution in [3.05, 3.63) is 0 Å². The summed E-state index contributed by atoms with van der Waals surface area (Å²) in [6.45, 7) is 0.771. The predicted octanol–water partition coefficient (Wildman–Crippen LogP) is -1.34. The van der Waals surface area contributed by atoms with E-state index in [9.17, 15) is 19.5 Å². The van der Waals surface area contributed by atoms with Gasteiger partial charge in [-0.25, -0.2) is 0 Å². The van der Waals surface area contributed by atoms with Gasteiger partial charge in [-0.05, 0) is 0 Å². The van der Waals surface area contributed by atoms with E-state index in [1.807, 2.05) is 0 Å². The van der Waals surface area contributed by atoms with Gasteiger partial charge in [-0.3, -0.25) is 24.2 Å². The van der Waals surface area contributed by atoms with Crippen LogP contribution in [0.2, 0.25) is 0 Å². The van der Waals surface area contributed by atoms with Crippen LogP contribution in [0.4, 0.5) is 0 Å². The number of carboxylic acids is 1. The maximum atomic E-state index is 11.4. The molecule has 2 heterocycles. The second-order valence-electron chi connectivity index (χ2n) is 4.68. The molecule has 0 saturated carbocycles. The van der Waals surface area contributed by atoms with Gasteiger partial charge < -0.3 is 10.2 Å². The number of hydrogen-bond acceptors (Lipinski definition) is 5. The summed E-state index contributed by atoms with van der Waals surface area (Å²) >= 11 is 0. The molecule has 2 fully saturated rings. The van der Waals surface area contributed by atoms with Gasteiger partial charge in [-0.15, -0.1) is 0 Å². The fourth-order valence-electron chi connectivity index (χ4n) is 2.48. The molecule has 2 amide bonds. The fourth-order valence-corrected chi connectivity index (χ4v) is 2.48. The molecular weight excluding hydrogens is 240 g/mol. The standard InChI is InChI=1S/C11H16N2O5/c14-7-5-8(11(17)18)12(6-7)3-4-13-9(15)1-2-10(13)16/h7-8,14H,1-6H2,(H,17,18). The first kappa shape index (κ1) is 13.0. The molecule has 0 aromatic heterocycles. The zero-order valence-electron chi connectivity index (χ0n) is 9.91. The van der Waals surface area contributed by atoms with Gasteiger partial charge in [0.25, 0.3) is 0 Å². The third kappa shape index (κ3) is 2.51. The normalized spacial score (nSPS) is 29.3. The summed E-state index contributed by atoms with van der Waals surface area (Å²) in [7, 11) is 0. The summed E-state index contributed by atoms with van der Waals surface area (Å²) in [6.07, 6.45) is 0.0151. The van der Waals surface area contributed by atoms with Crippen LogP contribution in [0.25, 0.3) is 0 Å². The molecule has 2 atom stereocenters. The maximum Gasteiger partial charge on any atom is 0.321 e. The number of hydrogen-bond donors (Lipinski definition) is 2. The lowest BCUT2D eigenvalue weighted by atomic mass is 10.2. The van der Waals surface area contributed by atoms with Gasteiger partial charge in [-0.1, -0.05) is 0 Å². The Morgan fingerprint density at radius 1 is 1.22 bits per heavy atom. The van der Waals surface area contributed by atoms with Crippen LogP contribution in [0, 0.1) is 0 Å². The van der Waals surface area contributed by atoms with E-state index in [-0.39, 0.29) is 44.2 Å². The molecule has 2 unspecified atom stereocenters. The fraction of sp³-hybridized carbons (Fsp3) is 0.727. The van der Waals surface area contributed by atoms with Crippen LogP contribution >= 0.6 is 0 Å². The number of aliphatic hydroxyl groups is 1. The average Bonchev–Trinajstić information content (AvgIpc) is 2.81. The number of aliphatic carboxylic acids is 1. The van der Waals surface area contributed by atoms with E-state index in [0.717, 1.165) is 0 Å². The summed E-state index contributed by atoms with van der Waals surface area (Å²) in [6, 6.07) is -0.729. The maximum absolute atomic E-state index is 11.4. The molecule has 2 aliphatic heterocycles. The molecule has 7 nitrogen and oxygen atoms in total. The van der Waals surface area contributed by atoms with Crippen molar-refractivity contribution in [3.63, 3.8) is 0 Å². The molecular formula is C11H16N2O5. The Hall–Kier alpha value is -1.47. The van der Waals surface area contributed by atoms with E-state index in [1.165, 1.54) is 4.90 Å². The molecule has 18 heavy (non-hydrogen) atoms. The summed E-state index contributed by atoms with van der Waals surface area (Å²) in [4.78, 5) is 36.5. The van der Waals surface area contributed by atoms with E-state index >= 15 is 0 Å². The van der Waals surface area contributed by atoms with E-state index in [1.54, 1.807) is 4.90 Å². The van der Waals surface area contributed by atoms with E-state index in [0.29, 0.717) is 6.54 Å². The molecule has 2 saturated heterocycles. The lowest BCUT2D eigenvalue weighted by Crippen LogP contribution is -2.42. The minimum atomic E-state index is -0.981. The smallest absolute Gasteiger partial charge is 0.321 e. The van der Waals surface area contributed by atoms with Crippen molar-refractivity contribution in [2.75, 3.05) is 19.6 Å². The molecule has 2 rings (SSSR count). The first-order valence-corrected chi connectivity index (χ1v) is 5.97. The molecule has 0 bridgehead atoms. The molecule has 0 radical (unpaired) electrons. The number of carbonyl (C=O) groups is 3.